The molecule has 6 nitrogen and oxygen atoms in total. The first-order valence-corrected chi connectivity index (χ1v) is 11.0. The highest BCUT2D eigenvalue weighted by Crippen LogP contribution is 2.37. The number of hydrogen-bond acceptors (Lipinski definition) is 4. The largest absolute Gasteiger partial charge is 0.359 e. The number of amidine groups is 1. The quantitative estimate of drug-likeness (QED) is 0.325. The van der Waals surface area contributed by atoms with E-state index in [0.717, 1.165) is 9.80 Å². The van der Waals surface area contributed by atoms with Gasteiger partial charge in [0.15, 0.2) is 6.17 Å². The van der Waals surface area contributed by atoms with Crippen LogP contribution in [0.5, 0.6) is 0 Å². The molecule has 3 rings (SSSR count). The van der Waals surface area contributed by atoms with Crippen molar-refractivity contribution in [1.82, 2.24) is 4.90 Å². The summed E-state index contributed by atoms with van der Waals surface area (Å²) in [5.41, 5.74) is 0.487. The maximum Gasteiger partial charge on any atom is 0.337 e. The van der Waals surface area contributed by atoms with Gasteiger partial charge in [-0.25, -0.2) is 14.7 Å². The van der Waals surface area contributed by atoms with Gasteiger partial charge in [0.25, 0.3) is 0 Å². The topological polar surface area (TPSA) is 65.0 Å². The van der Waals surface area contributed by atoms with E-state index in [9.17, 15) is 9.59 Å². The number of urea groups is 1. The van der Waals surface area contributed by atoms with E-state index >= 15 is 0 Å². The van der Waals surface area contributed by atoms with Crippen LogP contribution in [0.2, 0.25) is 20.1 Å². The number of benzene rings is 2. The zero-order valence-electron chi connectivity index (χ0n) is 15.3. The van der Waals surface area contributed by atoms with Crippen molar-refractivity contribution in [2.24, 2.45) is 4.99 Å². The first kappa shape index (κ1) is 24.5. The van der Waals surface area contributed by atoms with Gasteiger partial charge in [-0.3, -0.25) is 9.69 Å². The van der Waals surface area contributed by atoms with Crippen LogP contribution in [0, 0.1) is 0 Å². The van der Waals surface area contributed by atoms with Gasteiger partial charge in [-0.1, -0.05) is 81.2 Å². The molecule has 1 aliphatic rings. The summed E-state index contributed by atoms with van der Waals surface area (Å²) in [5, 5.41) is 3.93. The number of carbonyl (C=O) groups excluding carboxylic acids is 2. The van der Waals surface area contributed by atoms with E-state index in [-0.39, 0.29) is 21.6 Å². The highest BCUT2D eigenvalue weighted by atomic mass is 35.6. The molecule has 2 aromatic rings. The minimum atomic E-state index is -2.01. The fraction of sp³-hybridized carbons (Fsp3) is 0.167. The molecular formula is C18H11Cl7N4O2. The maximum atomic E-state index is 13.0. The number of hydrogen-bond donors (Lipinski definition) is 1. The Bertz CT molecular complexity index is 1090. The summed E-state index contributed by atoms with van der Waals surface area (Å²) in [4.78, 5) is 31.8. The first-order chi connectivity index (χ1) is 14.4. The Hall–Kier alpha value is -1.12. The second-order valence-electron chi connectivity index (χ2n) is 6.24. The fourth-order valence-corrected chi connectivity index (χ4v) is 3.92. The lowest BCUT2D eigenvalue weighted by Crippen LogP contribution is -2.36. The lowest BCUT2D eigenvalue weighted by Gasteiger charge is -2.24. The summed E-state index contributed by atoms with van der Waals surface area (Å²) in [5.74, 6) is -1.04. The van der Waals surface area contributed by atoms with E-state index in [1.54, 1.807) is 12.1 Å². The van der Waals surface area contributed by atoms with Gasteiger partial charge in [0.1, 0.15) is 0 Å². The van der Waals surface area contributed by atoms with Gasteiger partial charge in [0, 0.05) is 17.1 Å². The Kier molecular flexibility index (Phi) is 7.43. The number of rotatable bonds is 4. The van der Waals surface area contributed by atoms with Gasteiger partial charge in [-0.2, -0.15) is 0 Å². The molecule has 0 radical (unpaired) electrons. The van der Waals surface area contributed by atoms with Crippen LogP contribution < -0.4 is 10.2 Å². The van der Waals surface area contributed by atoms with Crippen molar-refractivity contribution in [2.45, 2.75) is 9.96 Å². The summed E-state index contributed by atoms with van der Waals surface area (Å²) >= 11 is 42.3. The molecule has 1 unspecified atom stereocenters. The van der Waals surface area contributed by atoms with Crippen LogP contribution in [-0.4, -0.2) is 39.7 Å². The smallest absolute Gasteiger partial charge is 0.337 e. The van der Waals surface area contributed by atoms with Crippen LogP contribution in [0.4, 0.5) is 16.2 Å². The molecule has 3 amide bonds. The molecule has 1 fully saturated rings. The van der Waals surface area contributed by atoms with E-state index in [1.807, 2.05) is 0 Å². The Labute approximate surface area is 212 Å². The lowest BCUT2D eigenvalue weighted by molar-refractivity contribution is -0.111. The van der Waals surface area contributed by atoms with E-state index in [0.29, 0.717) is 15.7 Å². The van der Waals surface area contributed by atoms with Crippen LogP contribution in [0.15, 0.2) is 41.4 Å². The van der Waals surface area contributed by atoms with Gasteiger partial charge in [0.2, 0.25) is 9.63 Å². The number of alkyl halides is 3. The van der Waals surface area contributed by atoms with Crippen LogP contribution >= 0.6 is 81.2 Å². The molecule has 0 saturated carbocycles. The normalized spacial score (nSPS) is 17.0. The molecule has 13 heteroatoms. The van der Waals surface area contributed by atoms with Crippen molar-refractivity contribution in [3.05, 3.63) is 56.5 Å². The van der Waals surface area contributed by atoms with E-state index < -0.39 is 21.9 Å². The number of anilines is 2. The van der Waals surface area contributed by atoms with Gasteiger partial charge < -0.3 is 5.32 Å². The minimum Gasteiger partial charge on any atom is -0.359 e. The molecule has 0 bridgehead atoms. The molecule has 1 N–H and O–H groups in total. The predicted octanol–water partition coefficient (Wildman–Crippen LogP) is 6.91. The minimum absolute atomic E-state index is 0.104. The van der Waals surface area contributed by atoms with Crippen LogP contribution in [0.1, 0.15) is 0 Å². The number of likely N-dealkylation sites (N-methyl/N-ethyl adjacent to an activating group) is 1. The monoisotopic (exact) mass is 560 g/mol. The van der Waals surface area contributed by atoms with E-state index in [2.05, 4.69) is 10.3 Å². The molecule has 164 valence electrons. The third-order valence-electron chi connectivity index (χ3n) is 4.13. The number of nitrogens with zero attached hydrogens (tertiary/aromatic N) is 3. The Balaban J connectivity index is 2.00. The van der Waals surface area contributed by atoms with Crippen molar-refractivity contribution in [2.75, 3.05) is 17.3 Å². The second kappa shape index (κ2) is 9.40. The highest BCUT2D eigenvalue weighted by Gasteiger charge is 2.44. The van der Waals surface area contributed by atoms with Crippen molar-refractivity contribution in [3.63, 3.8) is 0 Å². The Morgan fingerprint density at radius 1 is 0.935 bits per heavy atom. The Morgan fingerprint density at radius 3 is 2.06 bits per heavy atom. The third kappa shape index (κ3) is 5.28. The van der Waals surface area contributed by atoms with Gasteiger partial charge >= 0.3 is 11.9 Å². The van der Waals surface area contributed by atoms with Crippen molar-refractivity contribution in [1.29, 1.82) is 0 Å². The van der Waals surface area contributed by atoms with Gasteiger partial charge in [-0.15, -0.1) is 0 Å². The zero-order chi connectivity index (χ0) is 23.1. The van der Waals surface area contributed by atoms with Crippen LogP contribution in [-0.2, 0) is 4.79 Å². The van der Waals surface area contributed by atoms with Gasteiger partial charge in [-0.05, 0) is 36.4 Å². The van der Waals surface area contributed by atoms with Crippen LogP contribution in [0.3, 0.4) is 0 Å². The summed E-state index contributed by atoms with van der Waals surface area (Å²) in [6.07, 6.45) is -1.29. The van der Waals surface area contributed by atoms with E-state index in [4.69, 9.17) is 81.2 Å². The molecular weight excluding hydrogens is 552 g/mol. The summed E-state index contributed by atoms with van der Waals surface area (Å²) in [6.45, 7) is 0. The number of nitrogens with one attached hydrogen (secondary N) is 1. The standard InChI is InChI=1S/C18H11Cl7N4O2/c1-28-14(15(30)29(17(28)31)13-5-3-9(20)7-11(13)22)27-16(18(23,24)25)26-12-4-2-8(19)6-10(12)21/h2-7,16,26H,1H3. The molecule has 1 atom stereocenters. The summed E-state index contributed by atoms with van der Waals surface area (Å²) in [7, 11) is 1.35. The SMILES string of the molecule is CN1C(=O)N(c2ccc(Cl)cc2Cl)C(=O)C1=NC(Nc1ccc(Cl)cc1Cl)C(Cl)(Cl)Cl. The van der Waals surface area contributed by atoms with Crippen LogP contribution in [0.25, 0.3) is 0 Å². The molecule has 2 aromatic carbocycles. The summed E-state index contributed by atoms with van der Waals surface area (Å²) in [6, 6.07) is 8.25. The second-order valence-corrected chi connectivity index (χ2v) is 10.3. The van der Waals surface area contributed by atoms with Crippen molar-refractivity contribution < 1.29 is 9.59 Å². The zero-order valence-corrected chi connectivity index (χ0v) is 20.6. The Morgan fingerprint density at radius 2 is 1.52 bits per heavy atom. The summed E-state index contributed by atoms with van der Waals surface area (Å²) < 4.78 is -2.01. The van der Waals surface area contributed by atoms with E-state index in [1.165, 1.54) is 31.3 Å². The molecule has 1 aliphatic heterocycles. The molecule has 1 saturated heterocycles. The van der Waals surface area contributed by atoms with Crippen molar-refractivity contribution in [3.8, 4) is 0 Å². The predicted molar refractivity (Wildman–Crippen MR) is 129 cm³/mol. The molecule has 0 aliphatic carbocycles. The average molecular weight is 563 g/mol. The molecule has 31 heavy (non-hydrogen) atoms. The lowest BCUT2D eigenvalue weighted by atomic mass is 10.3. The van der Waals surface area contributed by atoms with Crippen molar-refractivity contribution >= 4 is 110 Å². The molecule has 0 aromatic heterocycles. The highest BCUT2D eigenvalue weighted by molar-refractivity contribution is 6.68. The van der Waals surface area contributed by atoms with Gasteiger partial charge in [0.05, 0.1) is 21.4 Å². The number of amides is 3. The molecule has 1 heterocycles. The number of aliphatic imine (C=N–C) groups is 1. The average Bonchev–Trinajstić information content (AvgIpc) is 2.86. The third-order valence-corrected chi connectivity index (χ3v) is 5.83. The first-order valence-electron chi connectivity index (χ1n) is 8.33. The number of halogens is 7. The number of carbonyl (C=O) groups is 2. The molecule has 0 spiro atoms. The maximum absolute atomic E-state index is 13.0. The fourth-order valence-electron chi connectivity index (χ4n) is 2.65. The number of imide groups is 1.